The number of esters is 1. The van der Waals surface area contributed by atoms with Gasteiger partial charge in [0.15, 0.2) is 0 Å². The molecular weight excluding hydrogens is 208 g/mol. The van der Waals surface area contributed by atoms with E-state index in [4.69, 9.17) is 9.15 Å². The van der Waals surface area contributed by atoms with Crippen molar-refractivity contribution in [3.8, 4) is 0 Å². The van der Waals surface area contributed by atoms with Gasteiger partial charge in [-0.15, -0.1) is 0 Å². The van der Waals surface area contributed by atoms with Gasteiger partial charge < -0.3 is 9.15 Å². The molecule has 0 aromatic carbocycles. The third-order valence-corrected chi connectivity index (χ3v) is 2.08. The van der Waals surface area contributed by atoms with E-state index in [2.05, 4.69) is 0 Å². The van der Waals surface area contributed by atoms with E-state index in [-0.39, 0.29) is 12.4 Å². The van der Waals surface area contributed by atoms with Crippen LogP contribution in [0.5, 0.6) is 0 Å². The molecule has 0 N–H and O–H groups in total. The van der Waals surface area contributed by atoms with Gasteiger partial charge in [-0.1, -0.05) is 12.2 Å². The Morgan fingerprint density at radius 1 is 1.50 bits per heavy atom. The van der Waals surface area contributed by atoms with Crippen LogP contribution in [0.1, 0.15) is 28.6 Å². The second-order valence-corrected chi connectivity index (χ2v) is 3.35. The first-order valence-corrected chi connectivity index (χ1v) is 4.96. The van der Waals surface area contributed by atoms with Crippen LogP contribution < -0.4 is 5.63 Å². The van der Waals surface area contributed by atoms with Gasteiger partial charge in [-0.2, -0.15) is 0 Å². The molecule has 0 atom stereocenters. The van der Waals surface area contributed by atoms with Crippen LogP contribution in [0.2, 0.25) is 0 Å². The van der Waals surface area contributed by atoms with Gasteiger partial charge in [-0.3, -0.25) is 0 Å². The van der Waals surface area contributed by atoms with Crippen molar-refractivity contribution >= 4 is 5.97 Å². The zero-order valence-corrected chi connectivity index (χ0v) is 9.57. The van der Waals surface area contributed by atoms with E-state index in [1.807, 2.05) is 6.92 Å². The highest BCUT2D eigenvalue weighted by Gasteiger charge is 2.15. The molecule has 1 aromatic heterocycles. The smallest absolute Gasteiger partial charge is 0.342 e. The average Bonchev–Trinajstić information content (AvgIpc) is 2.16. The zero-order chi connectivity index (χ0) is 12.1. The lowest BCUT2D eigenvalue weighted by Gasteiger charge is -2.06. The molecule has 0 saturated heterocycles. The Morgan fingerprint density at radius 2 is 2.19 bits per heavy atom. The van der Waals surface area contributed by atoms with E-state index >= 15 is 0 Å². The van der Waals surface area contributed by atoms with Crippen LogP contribution in [-0.2, 0) is 4.74 Å². The molecule has 0 bridgehead atoms. The number of ether oxygens (including phenoxy) is 1. The summed E-state index contributed by atoms with van der Waals surface area (Å²) in [4.78, 5) is 22.7. The van der Waals surface area contributed by atoms with Crippen molar-refractivity contribution in [3.63, 3.8) is 0 Å². The largest absolute Gasteiger partial charge is 0.458 e. The molecule has 1 heterocycles. The molecule has 0 unspecified atom stereocenters. The van der Waals surface area contributed by atoms with Gasteiger partial charge in [0.1, 0.15) is 17.9 Å². The van der Waals surface area contributed by atoms with Gasteiger partial charge in [0, 0.05) is 6.07 Å². The minimum Gasteiger partial charge on any atom is -0.458 e. The lowest BCUT2D eigenvalue weighted by atomic mass is 10.1. The van der Waals surface area contributed by atoms with Gasteiger partial charge in [0.05, 0.1) is 0 Å². The number of carbonyl (C=O) groups excluding carboxylic acids is 1. The molecule has 0 radical (unpaired) electrons. The Labute approximate surface area is 93.5 Å². The summed E-state index contributed by atoms with van der Waals surface area (Å²) in [5.41, 5.74) is 0.434. The van der Waals surface area contributed by atoms with E-state index in [0.717, 1.165) is 0 Å². The summed E-state index contributed by atoms with van der Waals surface area (Å²) in [5.74, 6) is -0.188. The average molecular weight is 222 g/mol. The Balaban J connectivity index is 2.95. The Morgan fingerprint density at radius 3 is 2.75 bits per heavy atom. The topological polar surface area (TPSA) is 56.5 Å². The van der Waals surface area contributed by atoms with E-state index in [0.29, 0.717) is 11.1 Å². The van der Waals surface area contributed by atoms with Crippen LogP contribution >= 0.6 is 0 Å². The van der Waals surface area contributed by atoms with Crippen LogP contribution in [-0.4, -0.2) is 12.6 Å². The molecule has 0 amide bonds. The first-order chi connectivity index (χ1) is 7.56. The summed E-state index contributed by atoms with van der Waals surface area (Å²) in [7, 11) is 0. The molecule has 0 aliphatic carbocycles. The third-order valence-electron chi connectivity index (χ3n) is 2.08. The third kappa shape index (κ3) is 2.82. The molecule has 0 saturated carbocycles. The SMILES string of the molecule is C/C=C/COC(=O)c1c(C)cc(=O)oc1C. The normalized spacial score (nSPS) is 10.7. The molecule has 4 nitrogen and oxygen atoms in total. The van der Waals surface area contributed by atoms with E-state index in [9.17, 15) is 9.59 Å². The van der Waals surface area contributed by atoms with Gasteiger partial charge >= 0.3 is 11.6 Å². The minimum atomic E-state index is -0.475. The number of carbonyl (C=O) groups is 1. The minimum absolute atomic E-state index is 0.216. The lowest BCUT2D eigenvalue weighted by molar-refractivity contribution is 0.0544. The highest BCUT2D eigenvalue weighted by atomic mass is 16.5. The van der Waals surface area contributed by atoms with Crippen molar-refractivity contribution in [2.45, 2.75) is 20.8 Å². The molecule has 0 fully saturated rings. The second-order valence-electron chi connectivity index (χ2n) is 3.35. The first kappa shape index (κ1) is 12.2. The fraction of sp³-hybridized carbons (Fsp3) is 0.333. The van der Waals surface area contributed by atoms with Crippen molar-refractivity contribution < 1.29 is 13.9 Å². The van der Waals surface area contributed by atoms with E-state index in [1.165, 1.54) is 6.07 Å². The molecule has 0 spiro atoms. The molecule has 0 aliphatic rings. The maximum absolute atomic E-state index is 11.7. The maximum atomic E-state index is 11.7. The molecular formula is C12H14O4. The molecule has 4 heteroatoms. The molecule has 1 aromatic rings. The van der Waals surface area contributed by atoms with Gasteiger partial charge in [0.25, 0.3) is 0 Å². The molecule has 16 heavy (non-hydrogen) atoms. The summed E-state index contributed by atoms with van der Waals surface area (Å²) in [6.07, 6.45) is 3.51. The summed E-state index contributed by atoms with van der Waals surface area (Å²) in [5, 5.41) is 0. The molecule has 86 valence electrons. The van der Waals surface area contributed by atoms with Crippen LogP contribution in [0.3, 0.4) is 0 Å². The highest BCUT2D eigenvalue weighted by Crippen LogP contribution is 2.12. The predicted molar refractivity (Wildman–Crippen MR) is 59.5 cm³/mol. The number of aryl methyl sites for hydroxylation is 2. The zero-order valence-electron chi connectivity index (χ0n) is 9.57. The standard InChI is InChI=1S/C12H14O4/c1-4-5-6-15-12(14)11-8(2)7-10(13)16-9(11)3/h4-5,7H,6H2,1-3H3/b5-4+. The van der Waals surface area contributed by atoms with Crippen molar-refractivity contribution in [2.24, 2.45) is 0 Å². The van der Waals surface area contributed by atoms with Gasteiger partial charge in [-0.05, 0) is 26.3 Å². The first-order valence-electron chi connectivity index (χ1n) is 4.96. The quantitative estimate of drug-likeness (QED) is 0.579. The summed E-state index contributed by atoms with van der Waals surface area (Å²) in [6, 6.07) is 1.28. The van der Waals surface area contributed by atoms with Crippen LogP contribution in [0.15, 0.2) is 27.4 Å². The van der Waals surface area contributed by atoms with Crippen molar-refractivity contribution in [2.75, 3.05) is 6.61 Å². The van der Waals surface area contributed by atoms with Crippen molar-refractivity contribution in [1.29, 1.82) is 0 Å². The Hall–Kier alpha value is -1.84. The lowest BCUT2D eigenvalue weighted by Crippen LogP contribution is -2.12. The monoisotopic (exact) mass is 222 g/mol. The van der Waals surface area contributed by atoms with E-state index in [1.54, 1.807) is 26.0 Å². The van der Waals surface area contributed by atoms with Crippen LogP contribution in [0.4, 0.5) is 0 Å². The van der Waals surface area contributed by atoms with Crippen molar-refractivity contribution in [3.05, 3.63) is 45.5 Å². The van der Waals surface area contributed by atoms with Gasteiger partial charge in [-0.25, -0.2) is 9.59 Å². The van der Waals surface area contributed by atoms with Gasteiger partial charge in [0.2, 0.25) is 0 Å². The highest BCUT2D eigenvalue weighted by molar-refractivity contribution is 5.91. The second kappa shape index (κ2) is 5.30. The maximum Gasteiger partial charge on any atom is 0.342 e. The number of hydrogen-bond donors (Lipinski definition) is 0. The molecule has 1 rings (SSSR count). The summed E-state index contributed by atoms with van der Waals surface area (Å²) >= 11 is 0. The van der Waals surface area contributed by atoms with E-state index < -0.39 is 11.6 Å². The van der Waals surface area contributed by atoms with Crippen LogP contribution in [0, 0.1) is 13.8 Å². The fourth-order valence-electron chi connectivity index (χ4n) is 1.35. The molecule has 0 aliphatic heterocycles. The Kier molecular flexibility index (Phi) is 4.05. The Bertz CT molecular complexity index is 442. The van der Waals surface area contributed by atoms with Crippen LogP contribution in [0.25, 0.3) is 0 Å². The predicted octanol–water partition coefficient (Wildman–Crippen LogP) is 1.99. The number of rotatable bonds is 3. The summed E-state index contributed by atoms with van der Waals surface area (Å²) < 4.78 is 9.82. The number of hydrogen-bond acceptors (Lipinski definition) is 4. The summed E-state index contributed by atoms with van der Waals surface area (Å²) in [6.45, 7) is 5.30. The van der Waals surface area contributed by atoms with Crippen molar-refractivity contribution in [1.82, 2.24) is 0 Å². The fourth-order valence-corrected chi connectivity index (χ4v) is 1.35. The number of allylic oxidation sites excluding steroid dienone is 1.